The largest absolute Gasteiger partial charge is 0.481 e. The molecule has 0 spiro atoms. The number of rotatable bonds is 4. The lowest BCUT2D eigenvalue weighted by molar-refractivity contribution is -0.157. The minimum atomic E-state index is -3.62. The van der Waals surface area contributed by atoms with E-state index in [4.69, 9.17) is 9.47 Å². The van der Waals surface area contributed by atoms with Gasteiger partial charge in [0, 0.05) is 38.8 Å². The topological polar surface area (TPSA) is 110 Å². The Hall–Kier alpha value is -1.19. The Morgan fingerprint density at radius 1 is 1.20 bits per heavy atom. The van der Waals surface area contributed by atoms with Crippen molar-refractivity contribution in [1.29, 1.82) is 0 Å². The first-order valence-electron chi connectivity index (χ1n) is 8.69. The first kappa shape index (κ1) is 18.6. The van der Waals surface area contributed by atoms with Crippen molar-refractivity contribution in [2.45, 2.75) is 36.7 Å². The Labute approximate surface area is 147 Å². The van der Waals surface area contributed by atoms with E-state index in [-0.39, 0.29) is 25.6 Å². The summed E-state index contributed by atoms with van der Waals surface area (Å²) in [6.45, 7) is 3.12. The van der Waals surface area contributed by atoms with Crippen molar-refractivity contribution < 1.29 is 32.6 Å². The van der Waals surface area contributed by atoms with Gasteiger partial charge in [0.15, 0.2) is 9.84 Å². The fourth-order valence-electron chi connectivity index (χ4n) is 4.16. The van der Waals surface area contributed by atoms with E-state index < -0.39 is 37.6 Å². The highest BCUT2D eigenvalue weighted by molar-refractivity contribution is 7.93. The fraction of sp³-hybridized carbons (Fsp3) is 0.875. The average molecular weight is 375 g/mol. The maximum Gasteiger partial charge on any atom is 0.311 e. The molecule has 3 fully saturated rings. The van der Waals surface area contributed by atoms with Crippen LogP contribution in [-0.4, -0.2) is 80.3 Å². The Morgan fingerprint density at radius 2 is 1.88 bits per heavy atom. The molecule has 1 N–H and O–H groups in total. The van der Waals surface area contributed by atoms with E-state index in [0.717, 1.165) is 0 Å². The molecule has 0 bridgehead atoms. The van der Waals surface area contributed by atoms with Gasteiger partial charge in [0.1, 0.15) is 5.25 Å². The van der Waals surface area contributed by atoms with E-state index in [2.05, 4.69) is 0 Å². The number of aliphatic carboxylic acids is 1. The summed E-state index contributed by atoms with van der Waals surface area (Å²) in [5.74, 6) is -1.72. The zero-order valence-corrected chi connectivity index (χ0v) is 15.2. The highest BCUT2D eigenvalue weighted by Crippen LogP contribution is 2.43. The molecule has 25 heavy (non-hydrogen) atoms. The Kier molecular flexibility index (Phi) is 5.09. The van der Waals surface area contributed by atoms with Crippen LogP contribution in [0.5, 0.6) is 0 Å². The summed E-state index contributed by atoms with van der Waals surface area (Å²) in [6.07, 6.45) is 1.14. The number of ether oxygens (including phenoxy) is 2. The number of likely N-dealkylation sites (tertiary alicyclic amines) is 1. The smallest absolute Gasteiger partial charge is 0.311 e. The minimum absolute atomic E-state index is 0.0584. The zero-order valence-electron chi connectivity index (χ0n) is 14.3. The van der Waals surface area contributed by atoms with Crippen molar-refractivity contribution in [3.8, 4) is 0 Å². The molecule has 142 valence electrons. The minimum Gasteiger partial charge on any atom is -0.481 e. The molecule has 8 nitrogen and oxygen atoms in total. The molecule has 0 aromatic rings. The predicted octanol–water partition coefficient (Wildman–Crippen LogP) is -0.0816. The lowest BCUT2D eigenvalue weighted by atomic mass is 9.74. The van der Waals surface area contributed by atoms with E-state index in [1.165, 1.54) is 11.8 Å². The number of carbonyl (C=O) groups excluding carboxylic acids is 1. The number of carboxylic acid groups (broad SMARTS) is 1. The molecule has 0 radical (unpaired) electrons. The van der Waals surface area contributed by atoms with Gasteiger partial charge in [-0.25, -0.2) is 8.42 Å². The number of carbonyl (C=O) groups is 2. The van der Waals surface area contributed by atoms with Crippen LogP contribution >= 0.6 is 0 Å². The molecule has 3 aliphatic heterocycles. The molecule has 3 saturated heterocycles. The number of sulfone groups is 1. The molecule has 0 saturated carbocycles. The molecule has 1 amide bonds. The van der Waals surface area contributed by atoms with Gasteiger partial charge in [-0.1, -0.05) is 0 Å². The summed E-state index contributed by atoms with van der Waals surface area (Å²) in [6, 6.07) is 0. The van der Waals surface area contributed by atoms with Gasteiger partial charge in [0.05, 0.1) is 17.3 Å². The molecular formula is C16H25NO7S. The van der Waals surface area contributed by atoms with Crippen molar-refractivity contribution in [2.24, 2.45) is 11.3 Å². The van der Waals surface area contributed by atoms with Crippen LogP contribution in [0.1, 0.15) is 26.2 Å². The monoisotopic (exact) mass is 375 g/mol. The number of amides is 1. The summed E-state index contributed by atoms with van der Waals surface area (Å²) in [5.41, 5.74) is -1.02. The van der Waals surface area contributed by atoms with Gasteiger partial charge in [0.2, 0.25) is 5.91 Å². The molecular weight excluding hydrogens is 350 g/mol. The predicted molar refractivity (Wildman–Crippen MR) is 87.8 cm³/mol. The maximum atomic E-state index is 12.8. The number of carboxylic acids is 1. The van der Waals surface area contributed by atoms with Crippen molar-refractivity contribution in [3.63, 3.8) is 0 Å². The summed E-state index contributed by atoms with van der Waals surface area (Å²) >= 11 is 0. The van der Waals surface area contributed by atoms with Gasteiger partial charge in [-0.15, -0.1) is 0 Å². The molecule has 3 aliphatic rings. The van der Waals surface area contributed by atoms with Crippen molar-refractivity contribution in [3.05, 3.63) is 0 Å². The van der Waals surface area contributed by atoms with Gasteiger partial charge in [0.25, 0.3) is 0 Å². The molecule has 1 unspecified atom stereocenters. The van der Waals surface area contributed by atoms with E-state index in [0.29, 0.717) is 39.1 Å². The van der Waals surface area contributed by atoms with E-state index in [1.807, 2.05) is 0 Å². The molecule has 9 heteroatoms. The molecule has 3 rings (SSSR count). The Morgan fingerprint density at radius 3 is 2.48 bits per heavy atom. The summed E-state index contributed by atoms with van der Waals surface area (Å²) in [7, 11) is -3.62. The summed E-state index contributed by atoms with van der Waals surface area (Å²) < 4.78 is 36.1. The average Bonchev–Trinajstić information content (AvgIpc) is 3.02. The molecule has 0 aromatic carbocycles. The van der Waals surface area contributed by atoms with Crippen molar-refractivity contribution in [1.82, 2.24) is 4.90 Å². The molecule has 3 atom stereocenters. The quantitative estimate of drug-likeness (QED) is 0.732. The van der Waals surface area contributed by atoms with Crippen molar-refractivity contribution >= 4 is 21.7 Å². The van der Waals surface area contributed by atoms with Crippen LogP contribution in [0.15, 0.2) is 0 Å². The maximum absolute atomic E-state index is 12.8. The normalized spacial score (nSPS) is 32.2. The number of nitrogens with zero attached hydrogens (tertiary/aromatic N) is 1. The van der Waals surface area contributed by atoms with Crippen LogP contribution in [0.25, 0.3) is 0 Å². The molecule has 0 aliphatic carbocycles. The van der Waals surface area contributed by atoms with Crippen molar-refractivity contribution in [2.75, 3.05) is 39.5 Å². The SMILES string of the molecule is CC(C(=O)N1C[C@H]2COCC[C@@]2(C(=O)O)C1)S(=O)(=O)C1CCOCC1. The van der Waals surface area contributed by atoms with Crippen LogP contribution in [0, 0.1) is 11.3 Å². The van der Waals surface area contributed by atoms with Crippen LogP contribution in [0.2, 0.25) is 0 Å². The van der Waals surface area contributed by atoms with Gasteiger partial charge in [-0.3, -0.25) is 9.59 Å². The van der Waals surface area contributed by atoms with E-state index in [1.54, 1.807) is 0 Å². The Bertz CT molecular complexity index is 643. The van der Waals surface area contributed by atoms with Crippen LogP contribution < -0.4 is 0 Å². The van der Waals surface area contributed by atoms with Gasteiger partial charge < -0.3 is 19.5 Å². The van der Waals surface area contributed by atoms with Crippen LogP contribution in [0.3, 0.4) is 0 Å². The highest BCUT2D eigenvalue weighted by atomic mass is 32.2. The lowest BCUT2D eigenvalue weighted by Gasteiger charge is -2.34. The standard InChI is InChI=1S/C16H25NO7S/c1-11(25(21,22)13-2-5-23-6-3-13)14(18)17-8-12-9-24-7-4-16(12,10-17)15(19)20/h11-13H,2-10H2,1H3,(H,19,20)/t11?,12-,16+/m0/s1. The third-order valence-corrected chi connectivity index (χ3v) is 8.51. The summed E-state index contributed by atoms with van der Waals surface area (Å²) in [4.78, 5) is 26.1. The lowest BCUT2D eigenvalue weighted by Crippen LogP contribution is -2.47. The van der Waals surface area contributed by atoms with Crippen LogP contribution in [0.4, 0.5) is 0 Å². The number of hydrogen-bond acceptors (Lipinski definition) is 6. The first-order valence-corrected chi connectivity index (χ1v) is 10.3. The zero-order chi connectivity index (χ0) is 18.2. The second-order valence-electron chi connectivity index (χ2n) is 7.24. The van der Waals surface area contributed by atoms with Gasteiger partial charge in [-0.2, -0.15) is 0 Å². The van der Waals surface area contributed by atoms with Gasteiger partial charge >= 0.3 is 5.97 Å². The highest BCUT2D eigenvalue weighted by Gasteiger charge is 2.56. The number of fused-ring (bicyclic) bond motifs is 1. The Balaban J connectivity index is 1.75. The second-order valence-corrected chi connectivity index (χ2v) is 9.80. The molecule has 3 heterocycles. The number of hydrogen-bond donors (Lipinski definition) is 1. The third kappa shape index (κ3) is 3.17. The van der Waals surface area contributed by atoms with Crippen LogP contribution in [-0.2, 0) is 28.9 Å². The second kappa shape index (κ2) is 6.85. The fourth-order valence-corrected chi connectivity index (χ4v) is 6.02. The third-order valence-electron chi connectivity index (χ3n) is 5.92. The van der Waals surface area contributed by atoms with E-state index in [9.17, 15) is 23.1 Å². The molecule has 0 aromatic heterocycles. The first-order chi connectivity index (χ1) is 11.8. The van der Waals surface area contributed by atoms with Gasteiger partial charge in [-0.05, 0) is 26.2 Å². The summed E-state index contributed by atoms with van der Waals surface area (Å²) in [5, 5.41) is 7.94. The van der Waals surface area contributed by atoms with E-state index >= 15 is 0 Å².